The van der Waals surface area contributed by atoms with Crippen molar-refractivity contribution >= 4 is 12.4 Å². The number of halogens is 1. The highest BCUT2D eigenvalue weighted by Gasteiger charge is 2.12. The maximum absolute atomic E-state index is 5.46. The van der Waals surface area contributed by atoms with E-state index in [-0.39, 0.29) is 12.4 Å². The second-order valence-corrected chi connectivity index (χ2v) is 3.88. The summed E-state index contributed by atoms with van der Waals surface area (Å²) >= 11 is 0. The molecule has 1 aliphatic rings. The van der Waals surface area contributed by atoms with Crippen molar-refractivity contribution in [3.8, 4) is 6.01 Å². The molecule has 1 atom stereocenters. The number of rotatable bonds is 4. The largest absolute Gasteiger partial charge is 0.463 e. The second kappa shape index (κ2) is 7.41. The van der Waals surface area contributed by atoms with Gasteiger partial charge in [-0.1, -0.05) is 0 Å². The first-order chi connectivity index (χ1) is 7.45. The number of hydrogen-bond donors (Lipinski definition) is 1. The molecule has 1 saturated heterocycles. The standard InChI is InChI=1S/C11H17N3O.ClH/c1-3-10(9-12-5-1)4-8-15-11-13-6-2-7-14-11;/h2,6-7,10,12H,1,3-5,8-9H2;1H. The molecule has 16 heavy (non-hydrogen) atoms. The SMILES string of the molecule is Cl.c1cnc(OCCC2CCCNC2)nc1. The first kappa shape index (κ1) is 13.2. The van der Waals surface area contributed by atoms with Crippen LogP contribution in [0.5, 0.6) is 6.01 Å². The summed E-state index contributed by atoms with van der Waals surface area (Å²) in [6, 6.07) is 2.28. The zero-order valence-corrected chi connectivity index (χ0v) is 10.1. The van der Waals surface area contributed by atoms with E-state index in [1.807, 2.05) is 0 Å². The van der Waals surface area contributed by atoms with E-state index in [1.165, 1.54) is 19.4 Å². The van der Waals surface area contributed by atoms with Gasteiger partial charge < -0.3 is 10.1 Å². The highest BCUT2D eigenvalue weighted by molar-refractivity contribution is 5.85. The third-order valence-electron chi connectivity index (χ3n) is 2.70. The fraction of sp³-hybridized carbons (Fsp3) is 0.636. The maximum Gasteiger partial charge on any atom is 0.316 e. The number of ether oxygens (including phenoxy) is 1. The molecule has 5 heteroatoms. The van der Waals surface area contributed by atoms with Gasteiger partial charge in [-0.3, -0.25) is 0 Å². The Bertz CT molecular complexity index is 278. The number of piperidine rings is 1. The summed E-state index contributed by atoms with van der Waals surface area (Å²) in [6.07, 6.45) is 7.08. The molecule has 1 aliphatic heterocycles. The van der Waals surface area contributed by atoms with Crippen molar-refractivity contribution in [2.75, 3.05) is 19.7 Å². The van der Waals surface area contributed by atoms with E-state index in [2.05, 4.69) is 15.3 Å². The van der Waals surface area contributed by atoms with E-state index < -0.39 is 0 Å². The van der Waals surface area contributed by atoms with Crippen LogP contribution < -0.4 is 10.1 Å². The van der Waals surface area contributed by atoms with E-state index in [1.54, 1.807) is 18.5 Å². The van der Waals surface area contributed by atoms with Crippen LogP contribution in [0, 0.1) is 5.92 Å². The Labute approximate surface area is 102 Å². The molecule has 0 aliphatic carbocycles. The van der Waals surface area contributed by atoms with Crippen LogP contribution in [0.3, 0.4) is 0 Å². The van der Waals surface area contributed by atoms with Gasteiger partial charge in [0.2, 0.25) is 0 Å². The minimum absolute atomic E-state index is 0. The van der Waals surface area contributed by atoms with Crippen molar-refractivity contribution in [1.29, 1.82) is 0 Å². The molecular formula is C11H18ClN3O. The Hall–Kier alpha value is -0.870. The minimum Gasteiger partial charge on any atom is -0.463 e. The summed E-state index contributed by atoms with van der Waals surface area (Å²) in [7, 11) is 0. The Morgan fingerprint density at radius 1 is 1.38 bits per heavy atom. The number of aromatic nitrogens is 2. The third kappa shape index (κ3) is 4.33. The molecule has 1 unspecified atom stereocenters. The van der Waals surface area contributed by atoms with Gasteiger partial charge in [0, 0.05) is 12.4 Å². The molecule has 1 fully saturated rings. The lowest BCUT2D eigenvalue weighted by molar-refractivity contribution is 0.240. The quantitative estimate of drug-likeness (QED) is 0.874. The van der Waals surface area contributed by atoms with Crippen LogP contribution in [0.2, 0.25) is 0 Å². The van der Waals surface area contributed by atoms with Gasteiger partial charge in [-0.05, 0) is 44.3 Å². The molecule has 0 bridgehead atoms. The molecule has 1 N–H and O–H groups in total. The van der Waals surface area contributed by atoms with Crippen LogP contribution in [-0.2, 0) is 0 Å². The van der Waals surface area contributed by atoms with Gasteiger partial charge in [0.05, 0.1) is 6.61 Å². The summed E-state index contributed by atoms with van der Waals surface area (Å²) in [6.45, 7) is 3.01. The average molecular weight is 244 g/mol. The molecular weight excluding hydrogens is 226 g/mol. The molecule has 0 amide bonds. The molecule has 1 aromatic heterocycles. The van der Waals surface area contributed by atoms with E-state index in [0.29, 0.717) is 6.01 Å². The topological polar surface area (TPSA) is 47.0 Å². The van der Waals surface area contributed by atoms with Crippen molar-refractivity contribution in [3.05, 3.63) is 18.5 Å². The van der Waals surface area contributed by atoms with Crippen molar-refractivity contribution in [2.45, 2.75) is 19.3 Å². The van der Waals surface area contributed by atoms with Crippen LogP contribution in [-0.4, -0.2) is 29.7 Å². The predicted octanol–water partition coefficient (Wildman–Crippen LogP) is 1.67. The smallest absolute Gasteiger partial charge is 0.316 e. The normalized spacial score (nSPS) is 19.9. The van der Waals surface area contributed by atoms with Crippen LogP contribution in [0.4, 0.5) is 0 Å². The van der Waals surface area contributed by atoms with Crippen LogP contribution in [0.15, 0.2) is 18.5 Å². The molecule has 0 aromatic carbocycles. The summed E-state index contributed by atoms with van der Waals surface area (Å²) in [5, 5.41) is 3.40. The Kier molecular flexibility index (Phi) is 6.11. The van der Waals surface area contributed by atoms with Crippen molar-refractivity contribution in [3.63, 3.8) is 0 Å². The fourth-order valence-electron chi connectivity index (χ4n) is 1.85. The third-order valence-corrected chi connectivity index (χ3v) is 2.70. The minimum atomic E-state index is 0. The van der Waals surface area contributed by atoms with Gasteiger partial charge in [0.1, 0.15) is 0 Å². The zero-order chi connectivity index (χ0) is 10.3. The molecule has 0 spiro atoms. The van der Waals surface area contributed by atoms with Crippen molar-refractivity contribution in [2.24, 2.45) is 5.92 Å². The monoisotopic (exact) mass is 243 g/mol. The molecule has 90 valence electrons. The Morgan fingerprint density at radius 3 is 2.88 bits per heavy atom. The first-order valence-corrected chi connectivity index (χ1v) is 5.55. The summed E-state index contributed by atoms with van der Waals surface area (Å²) in [5.74, 6) is 0.752. The summed E-state index contributed by atoms with van der Waals surface area (Å²) in [4.78, 5) is 8.02. The summed E-state index contributed by atoms with van der Waals surface area (Å²) in [5.41, 5.74) is 0. The summed E-state index contributed by atoms with van der Waals surface area (Å²) < 4.78 is 5.46. The van der Waals surface area contributed by atoms with Gasteiger partial charge in [0.15, 0.2) is 0 Å². The number of nitrogens with one attached hydrogen (secondary N) is 1. The van der Waals surface area contributed by atoms with Crippen LogP contribution in [0.25, 0.3) is 0 Å². The van der Waals surface area contributed by atoms with Gasteiger partial charge in [-0.2, -0.15) is 0 Å². The molecule has 2 heterocycles. The molecule has 0 saturated carbocycles. The van der Waals surface area contributed by atoms with E-state index in [4.69, 9.17) is 4.74 Å². The average Bonchev–Trinajstić information content (AvgIpc) is 2.32. The fourth-order valence-corrected chi connectivity index (χ4v) is 1.85. The lowest BCUT2D eigenvalue weighted by Gasteiger charge is -2.22. The molecule has 0 radical (unpaired) electrons. The Balaban J connectivity index is 0.00000128. The zero-order valence-electron chi connectivity index (χ0n) is 9.26. The van der Waals surface area contributed by atoms with E-state index >= 15 is 0 Å². The highest BCUT2D eigenvalue weighted by atomic mass is 35.5. The number of hydrogen-bond acceptors (Lipinski definition) is 4. The maximum atomic E-state index is 5.46. The van der Waals surface area contributed by atoms with Crippen molar-refractivity contribution in [1.82, 2.24) is 15.3 Å². The van der Waals surface area contributed by atoms with Gasteiger partial charge >= 0.3 is 6.01 Å². The lowest BCUT2D eigenvalue weighted by Crippen LogP contribution is -2.30. The molecule has 1 aromatic rings. The lowest BCUT2D eigenvalue weighted by atomic mass is 9.97. The number of nitrogens with zero attached hydrogens (tertiary/aromatic N) is 2. The van der Waals surface area contributed by atoms with Crippen molar-refractivity contribution < 1.29 is 4.74 Å². The van der Waals surface area contributed by atoms with E-state index in [9.17, 15) is 0 Å². The van der Waals surface area contributed by atoms with Gasteiger partial charge in [-0.15, -0.1) is 12.4 Å². The second-order valence-electron chi connectivity index (χ2n) is 3.88. The van der Waals surface area contributed by atoms with Crippen LogP contribution >= 0.6 is 12.4 Å². The van der Waals surface area contributed by atoms with E-state index in [0.717, 1.165) is 25.5 Å². The molecule has 4 nitrogen and oxygen atoms in total. The Morgan fingerprint density at radius 2 is 2.19 bits per heavy atom. The van der Waals surface area contributed by atoms with Gasteiger partial charge in [-0.25, -0.2) is 9.97 Å². The highest BCUT2D eigenvalue weighted by Crippen LogP contribution is 2.14. The first-order valence-electron chi connectivity index (χ1n) is 5.55. The van der Waals surface area contributed by atoms with Gasteiger partial charge in [0.25, 0.3) is 0 Å². The predicted molar refractivity (Wildman–Crippen MR) is 65.0 cm³/mol. The molecule has 2 rings (SSSR count). The van der Waals surface area contributed by atoms with Crippen LogP contribution in [0.1, 0.15) is 19.3 Å².